The molecule has 0 saturated heterocycles. The second-order valence-corrected chi connectivity index (χ2v) is 4.66. The van der Waals surface area contributed by atoms with Gasteiger partial charge >= 0.3 is 6.61 Å². The number of alkyl halides is 2. The smallest absolute Gasteiger partial charge is 0.387 e. The lowest BCUT2D eigenvalue weighted by molar-refractivity contribution is -0.0498. The molecule has 0 radical (unpaired) electrons. The Labute approximate surface area is 126 Å². The van der Waals surface area contributed by atoms with E-state index in [4.69, 9.17) is 0 Å². The van der Waals surface area contributed by atoms with Crippen molar-refractivity contribution >= 4 is 5.91 Å². The first kappa shape index (κ1) is 15.9. The summed E-state index contributed by atoms with van der Waals surface area (Å²) >= 11 is 0. The first-order chi connectivity index (χ1) is 10.5. The number of amides is 1. The quantitative estimate of drug-likeness (QED) is 0.892. The van der Waals surface area contributed by atoms with E-state index < -0.39 is 6.61 Å². The summed E-state index contributed by atoms with van der Waals surface area (Å²) in [6.45, 7) is 2.18. The summed E-state index contributed by atoms with van der Waals surface area (Å²) in [6, 6.07) is 5.55. The Balaban J connectivity index is 1.95. The molecule has 0 saturated carbocycles. The zero-order valence-corrected chi connectivity index (χ0v) is 12.3. The van der Waals surface area contributed by atoms with Crippen LogP contribution in [0.5, 0.6) is 5.75 Å². The fraction of sp³-hybridized carbons (Fsp3) is 0.333. The molecule has 1 N–H and O–H groups in total. The Kier molecular flexibility index (Phi) is 5.08. The molecule has 0 spiro atoms. The van der Waals surface area contributed by atoms with E-state index in [1.54, 1.807) is 6.20 Å². The van der Waals surface area contributed by atoms with Gasteiger partial charge in [0.25, 0.3) is 5.91 Å². The zero-order valence-electron chi connectivity index (χ0n) is 12.3. The lowest BCUT2D eigenvalue weighted by atomic mass is 10.2. The number of aryl methyl sites for hydroxylation is 1. The second kappa shape index (κ2) is 7.02. The van der Waals surface area contributed by atoms with Crippen molar-refractivity contribution < 1.29 is 18.3 Å². The third-order valence-corrected chi connectivity index (χ3v) is 3.29. The predicted molar refractivity (Wildman–Crippen MR) is 76.9 cm³/mol. The average Bonchev–Trinajstić information content (AvgIpc) is 2.85. The SMILES string of the molecule is CCn1ncc(CNC(=O)c2ccc(OC(F)F)cc2)c1C. The highest BCUT2D eigenvalue weighted by molar-refractivity contribution is 5.94. The molecule has 0 aliphatic rings. The van der Waals surface area contributed by atoms with Crippen molar-refractivity contribution in [3.05, 3.63) is 47.3 Å². The molecular weight excluding hydrogens is 292 g/mol. The van der Waals surface area contributed by atoms with Gasteiger partial charge in [0.05, 0.1) is 6.20 Å². The minimum atomic E-state index is -2.88. The van der Waals surface area contributed by atoms with Crippen LogP contribution in [0.4, 0.5) is 8.78 Å². The van der Waals surface area contributed by atoms with Crippen LogP contribution in [0.2, 0.25) is 0 Å². The molecule has 0 aliphatic heterocycles. The zero-order chi connectivity index (χ0) is 16.1. The van der Waals surface area contributed by atoms with E-state index in [1.807, 2.05) is 18.5 Å². The van der Waals surface area contributed by atoms with Crippen molar-refractivity contribution in [2.45, 2.75) is 33.5 Å². The number of nitrogens with zero attached hydrogens (tertiary/aromatic N) is 2. The first-order valence-corrected chi connectivity index (χ1v) is 6.85. The number of hydrogen-bond donors (Lipinski definition) is 1. The van der Waals surface area contributed by atoms with Gasteiger partial charge in [-0.3, -0.25) is 9.48 Å². The van der Waals surface area contributed by atoms with E-state index in [1.165, 1.54) is 24.3 Å². The number of hydrogen-bond acceptors (Lipinski definition) is 3. The molecule has 2 rings (SSSR count). The number of rotatable bonds is 6. The minimum Gasteiger partial charge on any atom is -0.435 e. The second-order valence-electron chi connectivity index (χ2n) is 4.66. The van der Waals surface area contributed by atoms with Crippen LogP contribution in [0.1, 0.15) is 28.5 Å². The fourth-order valence-corrected chi connectivity index (χ4v) is 2.04. The largest absolute Gasteiger partial charge is 0.435 e. The van der Waals surface area contributed by atoms with E-state index in [2.05, 4.69) is 15.2 Å². The van der Waals surface area contributed by atoms with Crippen LogP contribution in [-0.2, 0) is 13.1 Å². The summed E-state index contributed by atoms with van der Waals surface area (Å²) in [5.41, 5.74) is 2.32. The summed E-state index contributed by atoms with van der Waals surface area (Å²) in [5.74, 6) is -0.265. The third kappa shape index (κ3) is 3.81. The highest BCUT2D eigenvalue weighted by atomic mass is 19.3. The lowest BCUT2D eigenvalue weighted by Gasteiger charge is -2.07. The van der Waals surface area contributed by atoms with E-state index >= 15 is 0 Å². The van der Waals surface area contributed by atoms with Crippen LogP contribution < -0.4 is 10.1 Å². The summed E-state index contributed by atoms with van der Waals surface area (Å²) < 4.78 is 30.2. The highest BCUT2D eigenvalue weighted by Crippen LogP contribution is 2.15. The molecule has 1 aromatic heterocycles. The monoisotopic (exact) mass is 309 g/mol. The van der Waals surface area contributed by atoms with Gasteiger partial charge in [0, 0.05) is 29.9 Å². The number of halogens is 2. The van der Waals surface area contributed by atoms with Crippen molar-refractivity contribution in [2.24, 2.45) is 0 Å². The fourth-order valence-electron chi connectivity index (χ4n) is 2.04. The molecule has 2 aromatic rings. The molecule has 0 fully saturated rings. The molecule has 118 valence electrons. The van der Waals surface area contributed by atoms with E-state index in [-0.39, 0.29) is 11.7 Å². The van der Waals surface area contributed by atoms with E-state index in [9.17, 15) is 13.6 Å². The highest BCUT2D eigenvalue weighted by Gasteiger charge is 2.10. The van der Waals surface area contributed by atoms with Crippen molar-refractivity contribution in [3.8, 4) is 5.75 Å². The Morgan fingerprint density at radius 2 is 2.05 bits per heavy atom. The predicted octanol–water partition coefficient (Wildman–Crippen LogP) is 2.74. The Morgan fingerprint density at radius 3 is 2.59 bits per heavy atom. The molecule has 0 bridgehead atoms. The average molecular weight is 309 g/mol. The van der Waals surface area contributed by atoms with E-state index in [0.29, 0.717) is 12.1 Å². The van der Waals surface area contributed by atoms with Crippen molar-refractivity contribution in [2.75, 3.05) is 0 Å². The van der Waals surface area contributed by atoms with E-state index in [0.717, 1.165) is 17.8 Å². The summed E-state index contributed by atoms with van der Waals surface area (Å²) in [7, 11) is 0. The van der Waals surface area contributed by atoms with Gasteiger partial charge < -0.3 is 10.1 Å². The van der Waals surface area contributed by atoms with Crippen LogP contribution in [0, 0.1) is 6.92 Å². The van der Waals surface area contributed by atoms with Crippen LogP contribution in [0.15, 0.2) is 30.5 Å². The van der Waals surface area contributed by atoms with Gasteiger partial charge in [0.1, 0.15) is 5.75 Å². The number of ether oxygens (including phenoxy) is 1. The third-order valence-electron chi connectivity index (χ3n) is 3.29. The molecule has 1 amide bonds. The molecule has 0 unspecified atom stereocenters. The van der Waals surface area contributed by atoms with Crippen LogP contribution >= 0.6 is 0 Å². The molecular formula is C15H17F2N3O2. The number of carbonyl (C=O) groups is 1. The van der Waals surface area contributed by atoms with Crippen LogP contribution in [-0.4, -0.2) is 22.3 Å². The lowest BCUT2D eigenvalue weighted by Crippen LogP contribution is -2.23. The maximum atomic E-state index is 12.0. The minimum absolute atomic E-state index is 0.0200. The van der Waals surface area contributed by atoms with Crippen LogP contribution in [0.3, 0.4) is 0 Å². The van der Waals surface area contributed by atoms with Crippen molar-refractivity contribution in [3.63, 3.8) is 0 Å². The normalized spacial score (nSPS) is 10.8. The first-order valence-electron chi connectivity index (χ1n) is 6.85. The van der Waals surface area contributed by atoms with Gasteiger partial charge in [0.15, 0.2) is 0 Å². The molecule has 1 aromatic carbocycles. The Morgan fingerprint density at radius 1 is 1.36 bits per heavy atom. The standard InChI is InChI=1S/C15H17F2N3O2/c1-3-20-10(2)12(9-19-20)8-18-14(21)11-4-6-13(7-5-11)22-15(16)17/h4-7,9,15H,3,8H2,1-2H3,(H,18,21). The van der Waals surface area contributed by atoms with Gasteiger partial charge in [-0.2, -0.15) is 13.9 Å². The number of benzene rings is 1. The number of nitrogens with one attached hydrogen (secondary N) is 1. The van der Waals surface area contributed by atoms with Gasteiger partial charge in [-0.15, -0.1) is 0 Å². The molecule has 0 aliphatic carbocycles. The Bertz CT molecular complexity index is 639. The molecule has 7 heteroatoms. The summed E-state index contributed by atoms with van der Waals surface area (Å²) in [5, 5.41) is 6.97. The van der Waals surface area contributed by atoms with Crippen molar-refractivity contribution in [1.82, 2.24) is 15.1 Å². The summed E-state index contributed by atoms with van der Waals surface area (Å²) in [6.07, 6.45) is 1.72. The molecule has 5 nitrogen and oxygen atoms in total. The van der Waals surface area contributed by atoms with Gasteiger partial charge in [-0.25, -0.2) is 0 Å². The van der Waals surface area contributed by atoms with Gasteiger partial charge in [-0.05, 0) is 38.1 Å². The van der Waals surface area contributed by atoms with Gasteiger partial charge in [-0.1, -0.05) is 0 Å². The van der Waals surface area contributed by atoms with Crippen molar-refractivity contribution in [1.29, 1.82) is 0 Å². The summed E-state index contributed by atoms with van der Waals surface area (Å²) in [4.78, 5) is 12.0. The Hall–Kier alpha value is -2.44. The maximum absolute atomic E-state index is 12.0. The van der Waals surface area contributed by atoms with Crippen LogP contribution in [0.25, 0.3) is 0 Å². The maximum Gasteiger partial charge on any atom is 0.387 e. The number of carbonyl (C=O) groups excluding carboxylic acids is 1. The molecule has 22 heavy (non-hydrogen) atoms. The molecule has 0 atom stereocenters. The van der Waals surface area contributed by atoms with Gasteiger partial charge in [0.2, 0.25) is 0 Å². The molecule has 1 heterocycles. The number of aromatic nitrogens is 2. The topological polar surface area (TPSA) is 56.2 Å².